The monoisotopic (exact) mass is 451 g/mol. The summed E-state index contributed by atoms with van der Waals surface area (Å²) in [4.78, 5) is 13.0. The SMILES string of the molecule is COc1cc(CCNC(=O)c2cc(C34CC5CC(CC(C5)C3)C4)c(O)cc2O)cc(OC)c1. The maximum atomic E-state index is 13.0. The number of aromatic hydroxyl groups is 2. The molecular formula is C27H33NO5. The molecule has 6 heteroatoms. The molecule has 6 nitrogen and oxygen atoms in total. The summed E-state index contributed by atoms with van der Waals surface area (Å²) in [6.45, 7) is 0.405. The van der Waals surface area contributed by atoms with Crippen molar-refractivity contribution >= 4 is 5.91 Å². The highest BCUT2D eigenvalue weighted by Gasteiger charge is 2.52. The first-order valence-corrected chi connectivity index (χ1v) is 12.0. The third-order valence-electron chi connectivity index (χ3n) is 8.08. The molecule has 0 heterocycles. The molecule has 0 spiro atoms. The molecule has 176 valence electrons. The summed E-state index contributed by atoms with van der Waals surface area (Å²) in [6.07, 6.45) is 7.75. The topological polar surface area (TPSA) is 88.0 Å². The predicted molar refractivity (Wildman–Crippen MR) is 125 cm³/mol. The molecule has 0 radical (unpaired) electrons. The van der Waals surface area contributed by atoms with E-state index < -0.39 is 0 Å². The largest absolute Gasteiger partial charge is 0.508 e. The summed E-state index contributed by atoms with van der Waals surface area (Å²) in [5, 5.41) is 24.2. The minimum atomic E-state index is -0.326. The molecule has 4 saturated carbocycles. The second kappa shape index (κ2) is 8.47. The lowest BCUT2D eigenvalue weighted by molar-refractivity contribution is -0.00617. The molecule has 2 aromatic carbocycles. The van der Waals surface area contributed by atoms with Gasteiger partial charge in [0.2, 0.25) is 0 Å². The Morgan fingerprint density at radius 3 is 2.03 bits per heavy atom. The number of hydrogen-bond acceptors (Lipinski definition) is 5. The van der Waals surface area contributed by atoms with Crippen LogP contribution in [0.3, 0.4) is 0 Å². The Balaban J connectivity index is 1.32. The van der Waals surface area contributed by atoms with Gasteiger partial charge in [0.15, 0.2) is 0 Å². The maximum Gasteiger partial charge on any atom is 0.255 e. The summed E-state index contributed by atoms with van der Waals surface area (Å²) in [6, 6.07) is 8.75. The lowest BCUT2D eigenvalue weighted by Crippen LogP contribution is -2.48. The lowest BCUT2D eigenvalue weighted by Gasteiger charge is -2.57. The summed E-state index contributed by atoms with van der Waals surface area (Å²) in [5.74, 6) is 3.19. The van der Waals surface area contributed by atoms with Crippen molar-refractivity contribution < 1.29 is 24.5 Å². The molecule has 4 aliphatic rings. The molecule has 33 heavy (non-hydrogen) atoms. The molecule has 0 atom stereocenters. The first-order chi connectivity index (χ1) is 15.9. The number of amides is 1. The van der Waals surface area contributed by atoms with E-state index in [1.807, 2.05) is 18.2 Å². The zero-order valence-electron chi connectivity index (χ0n) is 19.4. The number of methoxy groups -OCH3 is 2. The second-order valence-corrected chi connectivity index (χ2v) is 10.3. The Kier molecular flexibility index (Phi) is 5.63. The Labute approximate surface area is 194 Å². The van der Waals surface area contributed by atoms with Gasteiger partial charge in [0, 0.05) is 24.2 Å². The van der Waals surface area contributed by atoms with Crippen molar-refractivity contribution in [2.75, 3.05) is 20.8 Å². The normalized spacial score (nSPS) is 27.4. The molecule has 0 aromatic heterocycles. The van der Waals surface area contributed by atoms with E-state index in [1.165, 1.54) is 25.3 Å². The first kappa shape index (κ1) is 21.9. The van der Waals surface area contributed by atoms with Crippen molar-refractivity contribution in [2.24, 2.45) is 17.8 Å². The van der Waals surface area contributed by atoms with E-state index >= 15 is 0 Å². The average Bonchev–Trinajstić information content (AvgIpc) is 2.77. The fourth-order valence-corrected chi connectivity index (χ4v) is 7.05. The third-order valence-corrected chi connectivity index (χ3v) is 8.08. The maximum absolute atomic E-state index is 13.0. The standard InChI is InChI=1S/C27H33NO5/c1-32-20-8-16(9-21(10-20)33-2)3-4-28-26(31)22-11-23(25(30)12-24(22)29)27-13-17-5-18(14-27)7-19(6-17)15-27/h8-12,17-19,29-30H,3-7,13-15H2,1-2H3,(H,28,31). The van der Waals surface area contributed by atoms with Crippen LogP contribution in [0.1, 0.15) is 60.0 Å². The molecular weight excluding hydrogens is 418 g/mol. The zero-order valence-corrected chi connectivity index (χ0v) is 19.4. The second-order valence-electron chi connectivity index (χ2n) is 10.3. The number of nitrogens with one attached hydrogen (secondary N) is 1. The number of phenolic OH excluding ortho intramolecular Hbond substituents is 2. The summed E-state index contributed by atoms with van der Waals surface area (Å²) in [7, 11) is 3.21. The molecule has 1 amide bonds. The molecule has 4 bridgehead atoms. The van der Waals surface area contributed by atoms with E-state index in [1.54, 1.807) is 20.3 Å². The van der Waals surface area contributed by atoms with Crippen LogP contribution in [-0.4, -0.2) is 36.9 Å². The van der Waals surface area contributed by atoms with Crippen molar-refractivity contribution in [3.63, 3.8) is 0 Å². The molecule has 0 saturated heterocycles. The molecule has 0 aliphatic heterocycles. The van der Waals surface area contributed by atoms with E-state index in [0.717, 1.165) is 48.1 Å². The van der Waals surface area contributed by atoms with E-state index in [0.29, 0.717) is 24.5 Å². The fraction of sp³-hybridized carbons (Fsp3) is 0.519. The van der Waals surface area contributed by atoms with Crippen molar-refractivity contribution in [3.8, 4) is 23.0 Å². The Bertz CT molecular complexity index is 1010. The number of carbonyl (C=O) groups excluding carboxylic acids is 1. The van der Waals surface area contributed by atoms with Crippen LogP contribution in [0.15, 0.2) is 30.3 Å². The van der Waals surface area contributed by atoms with Gasteiger partial charge < -0.3 is 25.0 Å². The van der Waals surface area contributed by atoms with E-state index in [-0.39, 0.29) is 28.4 Å². The molecule has 4 fully saturated rings. The van der Waals surface area contributed by atoms with E-state index in [9.17, 15) is 15.0 Å². The number of phenols is 2. The van der Waals surface area contributed by atoms with Crippen LogP contribution in [0.5, 0.6) is 23.0 Å². The van der Waals surface area contributed by atoms with Gasteiger partial charge in [0.05, 0.1) is 19.8 Å². The van der Waals surface area contributed by atoms with Gasteiger partial charge in [-0.15, -0.1) is 0 Å². The molecule has 0 unspecified atom stereocenters. The van der Waals surface area contributed by atoms with Crippen molar-refractivity contribution in [1.29, 1.82) is 0 Å². The van der Waals surface area contributed by atoms with Gasteiger partial charge in [-0.05, 0) is 91.9 Å². The van der Waals surface area contributed by atoms with Crippen LogP contribution in [0.4, 0.5) is 0 Å². The fourth-order valence-electron chi connectivity index (χ4n) is 7.05. The molecule has 3 N–H and O–H groups in total. The van der Waals surface area contributed by atoms with Crippen LogP contribution < -0.4 is 14.8 Å². The summed E-state index contributed by atoms with van der Waals surface area (Å²) in [5.41, 5.74) is 2.01. The van der Waals surface area contributed by atoms with Crippen molar-refractivity contribution in [2.45, 2.75) is 50.4 Å². The Hall–Kier alpha value is -2.89. The zero-order chi connectivity index (χ0) is 23.2. The van der Waals surface area contributed by atoms with Gasteiger partial charge >= 0.3 is 0 Å². The highest BCUT2D eigenvalue weighted by atomic mass is 16.5. The molecule has 6 rings (SSSR count). The number of rotatable bonds is 7. The lowest BCUT2D eigenvalue weighted by atomic mass is 9.48. The highest BCUT2D eigenvalue weighted by molar-refractivity contribution is 5.97. The van der Waals surface area contributed by atoms with Gasteiger partial charge in [0.25, 0.3) is 5.91 Å². The van der Waals surface area contributed by atoms with Gasteiger partial charge in [-0.3, -0.25) is 4.79 Å². The van der Waals surface area contributed by atoms with Crippen LogP contribution >= 0.6 is 0 Å². The van der Waals surface area contributed by atoms with Crippen LogP contribution in [0.25, 0.3) is 0 Å². The van der Waals surface area contributed by atoms with E-state index in [2.05, 4.69) is 5.32 Å². The molecule has 4 aliphatic carbocycles. The van der Waals surface area contributed by atoms with Gasteiger partial charge in [-0.2, -0.15) is 0 Å². The van der Waals surface area contributed by atoms with Gasteiger partial charge in [0.1, 0.15) is 23.0 Å². The van der Waals surface area contributed by atoms with Gasteiger partial charge in [-0.1, -0.05) is 0 Å². The number of ether oxygens (including phenoxy) is 2. The predicted octanol–water partition coefficient (Wildman–Crippen LogP) is 4.56. The average molecular weight is 452 g/mol. The third kappa shape index (κ3) is 4.11. The first-order valence-electron chi connectivity index (χ1n) is 12.0. The van der Waals surface area contributed by atoms with Crippen molar-refractivity contribution in [1.82, 2.24) is 5.32 Å². The summed E-state index contributed by atoms with van der Waals surface area (Å²) >= 11 is 0. The summed E-state index contributed by atoms with van der Waals surface area (Å²) < 4.78 is 10.6. The highest BCUT2D eigenvalue weighted by Crippen LogP contribution is 2.62. The van der Waals surface area contributed by atoms with Crippen LogP contribution in [0, 0.1) is 17.8 Å². The van der Waals surface area contributed by atoms with E-state index in [4.69, 9.17) is 9.47 Å². The number of benzene rings is 2. The minimum absolute atomic E-state index is 0.0568. The van der Waals surface area contributed by atoms with Crippen LogP contribution in [-0.2, 0) is 11.8 Å². The smallest absolute Gasteiger partial charge is 0.255 e. The van der Waals surface area contributed by atoms with Crippen molar-refractivity contribution in [3.05, 3.63) is 47.0 Å². The Morgan fingerprint density at radius 1 is 0.909 bits per heavy atom. The number of hydrogen-bond donors (Lipinski definition) is 3. The van der Waals surface area contributed by atoms with Gasteiger partial charge in [-0.25, -0.2) is 0 Å². The Morgan fingerprint density at radius 2 is 1.48 bits per heavy atom. The quantitative estimate of drug-likeness (QED) is 0.575. The van der Waals surface area contributed by atoms with Crippen LogP contribution in [0.2, 0.25) is 0 Å². The minimum Gasteiger partial charge on any atom is -0.508 e. The molecule has 2 aromatic rings. The number of carbonyl (C=O) groups is 1.